The molecule has 2 N–H and O–H groups in total. The van der Waals surface area contributed by atoms with Gasteiger partial charge in [0.2, 0.25) is 0 Å². The van der Waals surface area contributed by atoms with Crippen LogP contribution in [0.4, 0.5) is 0 Å². The van der Waals surface area contributed by atoms with E-state index in [1.165, 1.54) is 47.9 Å². The van der Waals surface area contributed by atoms with Gasteiger partial charge in [0.1, 0.15) is 17.2 Å². The van der Waals surface area contributed by atoms with Crippen molar-refractivity contribution >= 4 is 23.9 Å². The Morgan fingerprint density at radius 2 is 0.720 bits per heavy atom. The van der Waals surface area contributed by atoms with Gasteiger partial charge < -0.3 is 5.73 Å². The molecule has 0 aliphatic heterocycles. The van der Waals surface area contributed by atoms with E-state index in [-0.39, 0.29) is 21.7 Å². The molecule has 6 aromatic rings. The van der Waals surface area contributed by atoms with Gasteiger partial charge in [0.25, 0.3) is 0 Å². The zero-order valence-corrected chi connectivity index (χ0v) is 49.0. The normalized spacial score (nSPS) is 13.3. The molecule has 6 heteroatoms. The van der Waals surface area contributed by atoms with E-state index in [2.05, 4.69) is 220 Å². The fourth-order valence-electron chi connectivity index (χ4n) is 9.87. The fraction of sp³-hybridized carbons (Fsp3) is 0.464. The van der Waals surface area contributed by atoms with Crippen LogP contribution < -0.4 is 5.73 Å². The summed E-state index contributed by atoms with van der Waals surface area (Å²) < 4.78 is 0. The van der Waals surface area contributed by atoms with Crippen molar-refractivity contribution in [2.75, 3.05) is 0 Å². The summed E-state index contributed by atoms with van der Waals surface area (Å²) in [6.07, 6.45) is 9.18. The topological polar surface area (TPSA) is 89.4 Å². The lowest BCUT2D eigenvalue weighted by Crippen LogP contribution is -2.18. The van der Waals surface area contributed by atoms with Crippen molar-refractivity contribution in [3.8, 4) is 33.9 Å². The van der Waals surface area contributed by atoms with Crippen molar-refractivity contribution in [3.63, 3.8) is 0 Å². The van der Waals surface area contributed by atoms with Crippen molar-refractivity contribution in [2.45, 2.75) is 184 Å². The van der Waals surface area contributed by atoms with E-state index >= 15 is 0 Å². The van der Waals surface area contributed by atoms with Crippen LogP contribution in [0, 0.1) is 23.7 Å². The molecule has 0 aliphatic rings. The molecule has 0 unspecified atom stereocenters. The van der Waals surface area contributed by atoms with Crippen LogP contribution in [0.15, 0.2) is 131 Å². The SMILES string of the molecule is C=N/C(=C(\N=C(N)c1ccc(-c2nnc(-c3ccc(C(C)(C)CCC(C)C)cc3)c(-c3ccc(C(C)(C)CCC(C)C)cc3)n2)cc1)c1ccc(C(C)(C)CCC(C)C)cc1)c1ccc(C(C)(C)CCC(C)C)cc1. The number of aliphatic imine (C=N–C) groups is 2. The first-order valence-corrected chi connectivity index (χ1v) is 28.1. The third kappa shape index (κ3) is 15.3. The number of hydrogen-bond acceptors (Lipinski definition) is 5. The highest BCUT2D eigenvalue weighted by atomic mass is 15.2. The number of nitrogens with zero attached hydrogens (tertiary/aromatic N) is 5. The molecular formula is C69H92N6. The summed E-state index contributed by atoms with van der Waals surface area (Å²) in [5, 5.41) is 9.74. The molecule has 0 saturated heterocycles. The minimum Gasteiger partial charge on any atom is -0.383 e. The second-order valence-corrected chi connectivity index (χ2v) is 25.8. The second kappa shape index (κ2) is 24.8. The van der Waals surface area contributed by atoms with Gasteiger partial charge in [-0.3, -0.25) is 4.99 Å². The van der Waals surface area contributed by atoms with E-state index in [1.54, 1.807) is 0 Å². The molecule has 0 atom stereocenters. The van der Waals surface area contributed by atoms with E-state index in [0.717, 1.165) is 70.5 Å². The van der Waals surface area contributed by atoms with Crippen LogP contribution in [-0.4, -0.2) is 27.7 Å². The summed E-state index contributed by atoms with van der Waals surface area (Å²) in [5.74, 6) is 3.52. The van der Waals surface area contributed by atoms with Gasteiger partial charge in [-0.15, -0.1) is 10.2 Å². The zero-order valence-electron chi connectivity index (χ0n) is 49.0. The molecule has 0 radical (unpaired) electrons. The number of aromatic nitrogens is 3. The first-order valence-electron chi connectivity index (χ1n) is 28.1. The molecule has 0 fully saturated rings. The Kier molecular flexibility index (Phi) is 19.2. The van der Waals surface area contributed by atoms with Crippen LogP contribution in [0.2, 0.25) is 0 Å². The van der Waals surface area contributed by atoms with Gasteiger partial charge in [-0.1, -0.05) is 258 Å². The molecule has 1 heterocycles. The van der Waals surface area contributed by atoms with Gasteiger partial charge in [-0.2, -0.15) is 0 Å². The number of nitrogens with two attached hydrogens (primary N) is 1. The lowest BCUT2D eigenvalue weighted by Gasteiger charge is -2.27. The van der Waals surface area contributed by atoms with Crippen molar-refractivity contribution in [3.05, 3.63) is 160 Å². The number of amidine groups is 1. The van der Waals surface area contributed by atoms with Gasteiger partial charge in [0, 0.05) is 33.4 Å². The van der Waals surface area contributed by atoms with Crippen LogP contribution in [0.1, 0.15) is 201 Å². The monoisotopic (exact) mass is 1000 g/mol. The van der Waals surface area contributed by atoms with E-state index in [0.29, 0.717) is 46.7 Å². The highest BCUT2D eigenvalue weighted by Gasteiger charge is 2.26. The summed E-state index contributed by atoms with van der Waals surface area (Å²) in [5.41, 5.74) is 20.8. The van der Waals surface area contributed by atoms with Gasteiger partial charge >= 0.3 is 0 Å². The van der Waals surface area contributed by atoms with Crippen molar-refractivity contribution in [1.29, 1.82) is 0 Å². The Bertz CT molecular complexity index is 2850. The number of hydrogen-bond donors (Lipinski definition) is 1. The molecule has 75 heavy (non-hydrogen) atoms. The van der Waals surface area contributed by atoms with E-state index < -0.39 is 0 Å². The first kappa shape index (κ1) is 58.3. The second-order valence-electron chi connectivity index (χ2n) is 25.8. The third-order valence-corrected chi connectivity index (χ3v) is 15.9. The molecule has 0 saturated carbocycles. The molecule has 0 amide bonds. The Labute approximate surface area is 454 Å². The summed E-state index contributed by atoms with van der Waals surface area (Å²) in [6, 6.07) is 43.4. The maximum Gasteiger partial charge on any atom is 0.182 e. The predicted octanol–water partition coefficient (Wildman–Crippen LogP) is 18.7. The van der Waals surface area contributed by atoms with E-state index in [4.69, 9.17) is 25.9 Å². The fourth-order valence-corrected chi connectivity index (χ4v) is 9.87. The molecule has 0 bridgehead atoms. The number of benzene rings is 5. The zero-order chi connectivity index (χ0) is 54.9. The largest absolute Gasteiger partial charge is 0.383 e. The van der Waals surface area contributed by atoms with Crippen LogP contribution in [0.5, 0.6) is 0 Å². The maximum absolute atomic E-state index is 7.04. The smallest absolute Gasteiger partial charge is 0.182 e. The van der Waals surface area contributed by atoms with E-state index in [9.17, 15) is 0 Å². The minimum absolute atomic E-state index is 0.0270. The molecule has 5 aromatic carbocycles. The molecule has 1 aromatic heterocycles. The lowest BCUT2D eigenvalue weighted by atomic mass is 9.78. The average Bonchev–Trinajstić information content (AvgIpc) is 3.38. The van der Waals surface area contributed by atoms with E-state index in [1.807, 2.05) is 24.3 Å². The van der Waals surface area contributed by atoms with Gasteiger partial charge in [0.05, 0.1) is 11.4 Å². The Morgan fingerprint density at radius 3 is 1.07 bits per heavy atom. The summed E-state index contributed by atoms with van der Waals surface area (Å²) in [4.78, 5) is 15.2. The molecule has 0 aliphatic carbocycles. The highest BCUT2D eigenvalue weighted by molar-refractivity contribution is 6.04. The Balaban J connectivity index is 1.40. The molecule has 6 nitrogen and oxygen atoms in total. The lowest BCUT2D eigenvalue weighted by molar-refractivity contribution is 0.414. The Morgan fingerprint density at radius 1 is 0.413 bits per heavy atom. The summed E-state index contributed by atoms with van der Waals surface area (Å²) in [7, 11) is 0. The van der Waals surface area contributed by atoms with Crippen LogP contribution in [0.3, 0.4) is 0 Å². The quantitative estimate of drug-likeness (QED) is 0.0372. The van der Waals surface area contributed by atoms with Crippen molar-refractivity contribution in [1.82, 2.24) is 15.2 Å². The summed E-state index contributed by atoms with van der Waals surface area (Å²) >= 11 is 0. The summed E-state index contributed by atoms with van der Waals surface area (Å²) in [6.45, 7) is 41.2. The van der Waals surface area contributed by atoms with Crippen molar-refractivity contribution < 1.29 is 0 Å². The van der Waals surface area contributed by atoms with Crippen LogP contribution >= 0.6 is 0 Å². The number of rotatable bonds is 24. The first-order chi connectivity index (χ1) is 35.3. The molecule has 398 valence electrons. The standard InChI is InChI=1S/C69H92N6/c1-46(2)38-42-66(9,10)56-30-22-50(23-31-56)60(71-17)61(51-24-32-57(33-25-51)67(11,12)43-39-47(3)4)72-64(70)54-18-20-55(21-19-54)65-73-62(52-26-34-58(35-27-52)68(13,14)44-40-48(5)6)63(74-75-65)53-28-36-59(37-29-53)69(15,16)45-41-49(7)8/h18-37,46-49H,17,38-45H2,1-16H3,(H2,70,72)/b61-60-. The molecule has 6 rings (SSSR count). The van der Waals surface area contributed by atoms with Crippen LogP contribution in [-0.2, 0) is 21.7 Å². The Hall–Kier alpha value is -6.01. The van der Waals surface area contributed by atoms with Gasteiger partial charge in [-0.05, 0) is 100.0 Å². The van der Waals surface area contributed by atoms with Gasteiger partial charge in [-0.25, -0.2) is 9.98 Å². The highest BCUT2D eigenvalue weighted by Crippen LogP contribution is 2.39. The minimum atomic E-state index is 0.0270. The maximum atomic E-state index is 7.04. The van der Waals surface area contributed by atoms with Crippen molar-refractivity contribution in [2.24, 2.45) is 39.4 Å². The van der Waals surface area contributed by atoms with Crippen LogP contribution in [0.25, 0.3) is 45.3 Å². The van der Waals surface area contributed by atoms with Gasteiger partial charge in [0.15, 0.2) is 5.82 Å². The predicted molar refractivity (Wildman–Crippen MR) is 324 cm³/mol. The molecule has 0 spiro atoms. The average molecular weight is 1010 g/mol. The third-order valence-electron chi connectivity index (χ3n) is 15.9. The molecular weight excluding hydrogens is 913 g/mol.